The maximum atomic E-state index is 12.1. The van der Waals surface area contributed by atoms with Crippen molar-refractivity contribution in [3.05, 3.63) is 35.9 Å². The van der Waals surface area contributed by atoms with Crippen LogP contribution in [0, 0.1) is 0 Å². The Morgan fingerprint density at radius 2 is 2.00 bits per heavy atom. The number of ether oxygens (including phenoxy) is 1. The molecule has 1 heterocycles. The van der Waals surface area contributed by atoms with Crippen LogP contribution in [0.15, 0.2) is 30.3 Å². The van der Waals surface area contributed by atoms with Crippen LogP contribution in [0.5, 0.6) is 0 Å². The number of nitrogens with zero attached hydrogens (tertiary/aromatic N) is 1. The highest BCUT2D eigenvalue weighted by atomic mass is 16.6. The molecular weight excluding hydrogens is 274 g/mol. The fourth-order valence-electron chi connectivity index (χ4n) is 2.25. The molecule has 5 N–H and O–H groups in total. The van der Waals surface area contributed by atoms with E-state index >= 15 is 0 Å². The average Bonchev–Trinajstić information content (AvgIpc) is 2.52. The molecule has 7 heteroatoms. The zero-order valence-electron chi connectivity index (χ0n) is 11.8. The molecule has 1 saturated heterocycles. The molecule has 1 aliphatic heterocycles. The van der Waals surface area contributed by atoms with E-state index in [9.17, 15) is 15.0 Å². The number of hydrazine groups is 1. The molecule has 0 spiro atoms. The lowest BCUT2D eigenvalue weighted by Crippen LogP contribution is -2.69. The molecule has 1 aliphatic rings. The van der Waals surface area contributed by atoms with Gasteiger partial charge in [0.05, 0.1) is 12.1 Å². The van der Waals surface area contributed by atoms with Crippen LogP contribution in [0.3, 0.4) is 0 Å². The Kier molecular flexibility index (Phi) is 5.13. The molecule has 1 aromatic carbocycles. The van der Waals surface area contributed by atoms with E-state index in [1.807, 2.05) is 30.3 Å². The number of carbonyl (C=O) groups is 1. The fraction of sp³-hybridized carbons (Fsp3) is 0.500. The minimum atomic E-state index is -1.08. The molecule has 2 rings (SSSR count). The first kappa shape index (κ1) is 15.7. The van der Waals surface area contributed by atoms with E-state index in [0.29, 0.717) is 0 Å². The molecule has 0 aromatic heterocycles. The van der Waals surface area contributed by atoms with Gasteiger partial charge in [-0.05, 0) is 12.5 Å². The van der Waals surface area contributed by atoms with Crippen molar-refractivity contribution in [2.45, 2.75) is 37.8 Å². The summed E-state index contributed by atoms with van der Waals surface area (Å²) in [6.07, 6.45) is -2.72. The molecule has 0 aliphatic carbocycles. The molecule has 7 nitrogen and oxygen atoms in total. The first-order valence-electron chi connectivity index (χ1n) is 6.87. The predicted molar refractivity (Wildman–Crippen MR) is 75.9 cm³/mol. The van der Waals surface area contributed by atoms with Gasteiger partial charge in [-0.25, -0.2) is 15.2 Å². The number of hydrogen-bond acceptors (Lipinski definition) is 6. The van der Waals surface area contributed by atoms with E-state index < -0.39 is 30.4 Å². The summed E-state index contributed by atoms with van der Waals surface area (Å²) in [7, 11) is 0. The second kappa shape index (κ2) is 6.86. The lowest BCUT2D eigenvalue weighted by atomic mass is 9.97. The van der Waals surface area contributed by atoms with Gasteiger partial charge >= 0.3 is 6.09 Å². The number of aliphatic hydroxyl groups is 2. The van der Waals surface area contributed by atoms with Gasteiger partial charge in [-0.2, -0.15) is 0 Å². The number of nitrogens with one attached hydrogen (secondary N) is 1. The zero-order chi connectivity index (χ0) is 15.4. The molecule has 0 radical (unpaired) electrons. The normalized spacial score (nSPS) is 29.2. The number of amides is 1. The van der Waals surface area contributed by atoms with E-state index in [1.54, 1.807) is 6.92 Å². The number of hydrogen-bond donors (Lipinski definition) is 4. The first-order chi connectivity index (χ1) is 10.0. The van der Waals surface area contributed by atoms with E-state index in [4.69, 9.17) is 10.5 Å². The van der Waals surface area contributed by atoms with E-state index in [-0.39, 0.29) is 13.2 Å². The number of rotatable bonds is 3. The van der Waals surface area contributed by atoms with Crippen LogP contribution >= 0.6 is 0 Å². The highest BCUT2D eigenvalue weighted by molar-refractivity contribution is 5.67. The lowest BCUT2D eigenvalue weighted by Gasteiger charge is -2.43. The molecule has 1 amide bonds. The van der Waals surface area contributed by atoms with Gasteiger partial charge in [0, 0.05) is 6.54 Å². The average molecular weight is 295 g/mol. The Morgan fingerprint density at radius 1 is 1.33 bits per heavy atom. The van der Waals surface area contributed by atoms with Gasteiger partial charge in [0.25, 0.3) is 0 Å². The third-order valence-corrected chi connectivity index (χ3v) is 3.62. The summed E-state index contributed by atoms with van der Waals surface area (Å²) in [6, 6.07) is 8.07. The van der Waals surface area contributed by atoms with Crippen LogP contribution in [0.4, 0.5) is 4.79 Å². The van der Waals surface area contributed by atoms with Gasteiger partial charge in [0.15, 0.2) is 0 Å². The van der Waals surface area contributed by atoms with Crippen LogP contribution in [0.2, 0.25) is 0 Å². The van der Waals surface area contributed by atoms with Crippen molar-refractivity contribution >= 4 is 6.09 Å². The van der Waals surface area contributed by atoms with Gasteiger partial charge in [-0.15, -0.1) is 0 Å². The standard InChI is InChI=1S/C14H21N3O4/c1-9-12(18)13(19)11(7-15)16-17(9)14(20)21-8-10-5-3-2-4-6-10/h2-6,9,11-13,16,18-19H,7-8,15H2,1H3/t9-,11+,12-,13+/m1/s1. The van der Waals surface area contributed by atoms with Crippen molar-refractivity contribution in [1.29, 1.82) is 0 Å². The summed E-state index contributed by atoms with van der Waals surface area (Å²) in [5.41, 5.74) is 9.18. The van der Waals surface area contributed by atoms with E-state index in [1.165, 1.54) is 5.01 Å². The third-order valence-electron chi connectivity index (χ3n) is 3.62. The summed E-state index contributed by atoms with van der Waals surface area (Å²) in [6.45, 7) is 1.85. The summed E-state index contributed by atoms with van der Waals surface area (Å²) in [5.74, 6) is 0. The van der Waals surface area contributed by atoms with Crippen LogP contribution in [0.25, 0.3) is 0 Å². The van der Waals surface area contributed by atoms with Gasteiger partial charge in [0.2, 0.25) is 0 Å². The molecule has 1 aromatic rings. The third kappa shape index (κ3) is 3.51. The Bertz CT molecular complexity index is 469. The Hall–Kier alpha value is -1.67. The van der Waals surface area contributed by atoms with Gasteiger partial charge in [-0.3, -0.25) is 0 Å². The van der Waals surface area contributed by atoms with Crippen molar-refractivity contribution < 1.29 is 19.7 Å². The minimum absolute atomic E-state index is 0.0907. The second-order valence-electron chi connectivity index (χ2n) is 5.10. The smallest absolute Gasteiger partial charge is 0.424 e. The Morgan fingerprint density at radius 3 is 2.62 bits per heavy atom. The van der Waals surface area contributed by atoms with E-state index in [0.717, 1.165) is 5.56 Å². The van der Waals surface area contributed by atoms with Crippen molar-refractivity contribution in [2.75, 3.05) is 6.54 Å². The molecule has 116 valence electrons. The van der Waals surface area contributed by atoms with E-state index in [2.05, 4.69) is 5.43 Å². The summed E-state index contributed by atoms with van der Waals surface area (Å²) >= 11 is 0. The molecule has 0 saturated carbocycles. The Labute approximate surface area is 123 Å². The molecular formula is C14H21N3O4. The summed E-state index contributed by atoms with van der Waals surface area (Å²) in [5, 5.41) is 21.0. The number of carbonyl (C=O) groups excluding carboxylic acids is 1. The van der Waals surface area contributed by atoms with Gasteiger partial charge < -0.3 is 20.7 Å². The van der Waals surface area contributed by atoms with Crippen molar-refractivity contribution in [2.24, 2.45) is 5.73 Å². The highest BCUT2D eigenvalue weighted by Crippen LogP contribution is 2.17. The van der Waals surface area contributed by atoms with Crippen LogP contribution in [-0.2, 0) is 11.3 Å². The minimum Gasteiger partial charge on any atom is -0.444 e. The molecule has 21 heavy (non-hydrogen) atoms. The number of nitrogens with two attached hydrogens (primary N) is 1. The molecule has 0 unspecified atom stereocenters. The van der Waals surface area contributed by atoms with Crippen molar-refractivity contribution in [3.8, 4) is 0 Å². The fourth-order valence-corrected chi connectivity index (χ4v) is 2.25. The highest BCUT2D eigenvalue weighted by Gasteiger charge is 2.41. The van der Waals surface area contributed by atoms with Crippen LogP contribution in [0.1, 0.15) is 12.5 Å². The molecule has 1 fully saturated rings. The monoisotopic (exact) mass is 295 g/mol. The van der Waals surface area contributed by atoms with Crippen molar-refractivity contribution in [1.82, 2.24) is 10.4 Å². The quantitative estimate of drug-likeness (QED) is 0.603. The number of benzene rings is 1. The zero-order valence-corrected chi connectivity index (χ0v) is 11.8. The van der Waals surface area contributed by atoms with Crippen molar-refractivity contribution in [3.63, 3.8) is 0 Å². The Balaban J connectivity index is 1.97. The summed E-state index contributed by atoms with van der Waals surface area (Å²) < 4.78 is 5.21. The largest absolute Gasteiger partial charge is 0.444 e. The SMILES string of the molecule is C[C@@H]1[C@@H](O)[C@@H](O)[C@H](CN)NN1C(=O)OCc1ccccc1. The molecule has 4 atom stereocenters. The van der Waals surface area contributed by atoms with Gasteiger partial charge in [-0.1, -0.05) is 30.3 Å². The van der Waals surface area contributed by atoms with Crippen LogP contribution < -0.4 is 11.2 Å². The van der Waals surface area contributed by atoms with Gasteiger partial charge in [0.1, 0.15) is 18.8 Å². The molecule has 0 bridgehead atoms. The first-order valence-corrected chi connectivity index (χ1v) is 6.87. The topological polar surface area (TPSA) is 108 Å². The second-order valence-corrected chi connectivity index (χ2v) is 5.10. The summed E-state index contributed by atoms with van der Waals surface area (Å²) in [4.78, 5) is 12.1. The maximum Gasteiger partial charge on any atom is 0.424 e. The lowest BCUT2D eigenvalue weighted by molar-refractivity contribution is -0.105. The van der Waals surface area contributed by atoms with Crippen LogP contribution in [-0.4, -0.2) is 52.2 Å². The maximum absolute atomic E-state index is 12.1. The predicted octanol–water partition coefficient (Wildman–Crippen LogP) is -0.419. The number of aliphatic hydroxyl groups excluding tert-OH is 2.